The fraction of sp³-hybridized carbons (Fsp3) is 0.150. The van der Waals surface area contributed by atoms with E-state index in [1.54, 1.807) is 12.1 Å². The Bertz CT molecular complexity index is 848. The molecule has 1 N–H and O–H groups in total. The lowest BCUT2D eigenvalue weighted by molar-refractivity contribution is -0.121. The van der Waals surface area contributed by atoms with Crippen LogP contribution in [0.3, 0.4) is 0 Å². The molecule has 0 aliphatic heterocycles. The number of hydrogen-bond donors (Lipinski definition) is 1. The lowest BCUT2D eigenvalue weighted by Gasteiger charge is -2.19. The van der Waals surface area contributed by atoms with E-state index in [4.69, 9.17) is 11.6 Å². The number of halogens is 2. The summed E-state index contributed by atoms with van der Waals surface area (Å²) in [5, 5.41) is 3.51. The number of nitrogens with zero attached hydrogens (tertiary/aromatic N) is 1. The highest BCUT2D eigenvalue weighted by Crippen LogP contribution is 2.23. The van der Waals surface area contributed by atoms with Gasteiger partial charge in [0.15, 0.2) is 0 Å². The van der Waals surface area contributed by atoms with Gasteiger partial charge < -0.3 is 9.88 Å². The van der Waals surface area contributed by atoms with Crippen molar-refractivity contribution >= 4 is 17.5 Å². The van der Waals surface area contributed by atoms with Crippen molar-refractivity contribution in [2.24, 2.45) is 0 Å². The normalized spacial score (nSPS) is 11.9. The molecule has 0 unspecified atom stereocenters. The quantitative estimate of drug-likeness (QED) is 0.689. The lowest BCUT2D eigenvalue weighted by Crippen LogP contribution is -2.26. The Morgan fingerprint density at radius 3 is 2.56 bits per heavy atom. The van der Waals surface area contributed by atoms with Crippen LogP contribution in [0.5, 0.6) is 0 Å². The zero-order chi connectivity index (χ0) is 17.6. The van der Waals surface area contributed by atoms with Crippen LogP contribution >= 0.6 is 11.6 Å². The molecule has 0 aliphatic carbocycles. The standard InChI is InChI=1S/C20H18ClFN2O/c21-18-9-2-1-6-16(18)14-23-20(25)13-19(24-10-3-4-11-24)15-7-5-8-17(22)12-15/h1-12,19H,13-14H2,(H,23,25)/t19-/m1/s1. The van der Waals surface area contributed by atoms with Crippen molar-refractivity contribution in [2.75, 3.05) is 0 Å². The molecule has 1 heterocycles. The van der Waals surface area contributed by atoms with Gasteiger partial charge in [-0.15, -0.1) is 0 Å². The molecule has 0 radical (unpaired) electrons. The van der Waals surface area contributed by atoms with Crippen molar-refractivity contribution in [2.45, 2.75) is 19.0 Å². The van der Waals surface area contributed by atoms with Crippen LogP contribution in [0, 0.1) is 5.82 Å². The summed E-state index contributed by atoms with van der Waals surface area (Å²) < 4.78 is 15.5. The van der Waals surface area contributed by atoms with E-state index in [9.17, 15) is 9.18 Å². The zero-order valence-electron chi connectivity index (χ0n) is 13.5. The van der Waals surface area contributed by atoms with Gasteiger partial charge in [0.25, 0.3) is 0 Å². The molecule has 0 fully saturated rings. The molecule has 1 atom stereocenters. The van der Waals surface area contributed by atoms with Gasteiger partial charge in [0.2, 0.25) is 5.91 Å². The van der Waals surface area contributed by atoms with E-state index >= 15 is 0 Å². The van der Waals surface area contributed by atoms with Gasteiger partial charge in [-0.1, -0.05) is 41.9 Å². The van der Waals surface area contributed by atoms with Crippen LogP contribution < -0.4 is 5.32 Å². The van der Waals surface area contributed by atoms with Crippen LogP contribution in [0.15, 0.2) is 73.1 Å². The van der Waals surface area contributed by atoms with E-state index in [0.29, 0.717) is 11.6 Å². The number of amides is 1. The van der Waals surface area contributed by atoms with E-state index in [-0.39, 0.29) is 24.2 Å². The van der Waals surface area contributed by atoms with Crippen molar-refractivity contribution < 1.29 is 9.18 Å². The number of carbonyl (C=O) groups is 1. The number of rotatable bonds is 6. The number of benzene rings is 2. The molecule has 2 aromatic carbocycles. The van der Waals surface area contributed by atoms with E-state index < -0.39 is 0 Å². The van der Waals surface area contributed by atoms with Gasteiger partial charge in [0.1, 0.15) is 5.82 Å². The summed E-state index contributed by atoms with van der Waals surface area (Å²) in [5.74, 6) is -0.436. The minimum absolute atomic E-state index is 0.122. The Morgan fingerprint density at radius 1 is 1.08 bits per heavy atom. The van der Waals surface area contributed by atoms with Gasteiger partial charge in [-0.05, 0) is 41.5 Å². The molecule has 5 heteroatoms. The maximum Gasteiger partial charge on any atom is 0.222 e. The predicted octanol–water partition coefficient (Wildman–Crippen LogP) is 4.58. The summed E-state index contributed by atoms with van der Waals surface area (Å²) in [6, 6.07) is 17.2. The van der Waals surface area contributed by atoms with Gasteiger partial charge >= 0.3 is 0 Å². The topological polar surface area (TPSA) is 34.0 Å². The highest BCUT2D eigenvalue weighted by molar-refractivity contribution is 6.31. The molecule has 3 nitrogen and oxygen atoms in total. The van der Waals surface area contributed by atoms with Crippen molar-refractivity contribution in [1.82, 2.24) is 9.88 Å². The molecule has 0 aliphatic rings. The van der Waals surface area contributed by atoms with Crippen LogP contribution in [-0.2, 0) is 11.3 Å². The molecular formula is C20H18ClFN2O. The summed E-state index contributed by atoms with van der Waals surface area (Å²) in [6.45, 7) is 0.361. The number of carbonyl (C=O) groups excluding carboxylic acids is 1. The first kappa shape index (κ1) is 17.2. The minimum Gasteiger partial charge on any atom is -0.352 e. The second-order valence-corrected chi connectivity index (χ2v) is 6.18. The summed E-state index contributed by atoms with van der Waals surface area (Å²) >= 11 is 6.11. The van der Waals surface area contributed by atoms with E-state index in [1.165, 1.54) is 12.1 Å². The number of aromatic nitrogens is 1. The smallest absolute Gasteiger partial charge is 0.222 e. The monoisotopic (exact) mass is 356 g/mol. The van der Waals surface area contributed by atoms with Crippen LogP contribution in [0.1, 0.15) is 23.6 Å². The Balaban J connectivity index is 1.72. The van der Waals surface area contributed by atoms with Gasteiger partial charge in [-0.3, -0.25) is 4.79 Å². The second kappa shape index (κ2) is 7.99. The van der Waals surface area contributed by atoms with Crippen molar-refractivity contribution in [1.29, 1.82) is 0 Å². The molecule has 25 heavy (non-hydrogen) atoms. The van der Waals surface area contributed by atoms with Crippen molar-refractivity contribution in [3.63, 3.8) is 0 Å². The SMILES string of the molecule is O=C(C[C@H](c1cccc(F)c1)n1cccc1)NCc1ccccc1Cl. The van der Waals surface area contributed by atoms with Gasteiger partial charge in [0, 0.05) is 24.0 Å². The summed E-state index contributed by atoms with van der Waals surface area (Å²) in [7, 11) is 0. The average molecular weight is 357 g/mol. The minimum atomic E-state index is -0.314. The zero-order valence-corrected chi connectivity index (χ0v) is 14.3. The Labute approximate surface area is 151 Å². The fourth-order valence-corrected chi connectivity index (χ4v) is 2.95. The van der Waals surface area contributed by atoms with Crippen LogP contribution in [0.25, 0.3) is 0 Å². The van der Waals surface area contributed by atoms with Crippen molar-refractivity contribution in [3.05, 3.63) is 95.0 Å². The van der Waals surface area contributed by atoms with Gasteiger partial charge in [-0.25, -0.2) is 4.39 Å². The fourth-order valence-electron chi connectivity index (χ4n) is 2.75. The van der Waals surface area contributed by atoms with Crippen LogP contribution in [0.4, 0.5) is 4.39 Å². The summed E-state index contributed by atoms with van der Waals surface area (Å²) in [6.07, 6.45) is 3.95. The molecule has 0 spiro atoms. The van der Waals surface area contributed by atoms with Crippen molar-refractivity contribution in [3.8, 4) is 0 Å². The molecule has 128 valence electrons. The third-order valence-corrected chi connectivity index (χ3v) is 4.40. The maximum absolute atomic E-state index is 13.6. The highest BCUT2D eigenvalue weighted by Gasteiger charge is 2.18. The van der Waals surface area contributed by atoms with Crippen LogP contribution in [0.2, 0.25) is 5.02 Å². The Kier molecular flexibility index (Phi) is 5.51. The summed E-state index contributed by atoms with van der Waals surface area (Å²) in [4.78, 5) is 12.4. The highest BCUT2D eigenvalue weighted by atomic mass is 35.5. The predicted molar refractivity (Wildman–Crippen MR) is 96.9 cm³/mol. The summed E-state index contributed by atoms with van der Waals surface area (Å²) in [5.41, 5.74) is 1.62. The first-order valence-corrected chi connectivity index (χ1v) is 8.39. The lowest BCUT2D eigenvalue weighted by atomic mass is 10.0. The first-order valence-electron chi connectivity index (χ1n) is 8.01. The van der Waals surface area contributed by atoms with E-state index in [0.717, 1.165) is 11.1 Å². The third kappa shape index (κ3) is 4.48. The molecule has 3 aromatic rings. The first-order chi connectivity index (χ1) is 12.1. The number of hydrogen-bond acceptors (Lipinski definition) is 1. The van der Waals surface area contributed by atoms with Gasteiger partial charge in [0.05, 0.1) is 12.5 Å². The molecular weight excluding hydrogens is 339 g/mol. The molecule has 0 saturated heterocycles. The van der Waals surface area contributed by atoms with E-state index in [1.807, 2.05) is 53.4 Å². The van der Waals surface area contributed by atoms with Crippen LogP contribution in [-0.4, -0.2) is 10.5 Å². The third-order valence-electron chi connectivity index (χ3n) is 4.03. The Morgan fingerprint density at radius 2 is 1.84 bits per heavy atom. The molecule has 0 saturated carbocycles. The van der Waals surface area contributed by atoms with Gasteiger partial charge in [-0.2, -0.15) is 0 Å². The molecule has 0 bridgehead atoms. The molecule has 1 aromatic heterocycles. The maximum atomic E-state index is 13.6. The Hall–Kier alpha value is -2.59. The second-order valence-electron chi connectivity index (χ2n) is 5.77. The molecule has 1 amide bonds. The number of nitrogens with one attached hydrogen (secondary N) is 1. The average Bonchev–Trinajstić information content (AvgIpc) is 3.13. The molecule has 3 rings (SSSR count). The largest absolute Gasteiger partial charge is 0.352 e. The van der Waals surface area contributed by atoms with E-state index in [2.05, 4.69) is 5.32 Å².